The van der Waals surface area contributed by atoms with Crippen molar-refractivity contribution in [3.05, 3.63) is 18.2 Å². The summed E-state index contributed by atoms with van der Waals surface area (Å²) in [6, 6.07) is 1.64. The number of halogens is 1. The number of ether oxygens (including phenoxy) is 1. The molecule has 19 heavy (non-hydrogen) atoms. The second-order valence-electron chi connectivity index (χ2n) is 6.25. The third-order valence-corrected chi connectivity index (χ3v) is 5.05. The molecule has 4 nitrogen and oxygen atoms in total. The van der Waals surface area contributed by atoms with Crippen molar-refractivity contribution in [3.63, 3.8) is 0 Å². The molecule has 2 heterocycles. The SMILES string of the molecule is C[Si](C)(C)CCOCn1ccnc1[C@@H]1CCCN1.Cl. The fourth-order valence-corrected chi connectivity index (χ4v) is 2.94. The molecule has 1 fully saturated rings. The highest BCUT2D eigenvalue weighted by Gasteiger charge is 2.20. The molecule has 0 radical (unpaired) electrons. The van der Waals surface area contributed by atoms with Crippen molar-refractivity contribution in [1.29, 1.82) is 0 Å². The zero-order valence-electron chi connectivity index (χ0n) is 12.2. The minimum atomic E-state index is -0.981. The molecule has 1 N–H and O–H groups in total. The smallest absolute Gasteiger partial charge is 0.127 e. The van der Waals surface area contributed by atoms with Crippen LogP contribution in [-0.4, -0.2) is 30.8 Å². The lowest BCUT2D eigenvalue weighted by atomic mass is 10.2. The number of rotatable bonds is 6. The Hall–Kier alpha value is -0.363. The van der Waals surface area contributed by atoms with Crippen LogP contribution in [0.1, 0.15) is 24.7 Å². The van der Waals surface area contributed by atoms with E-state index in [1.54, 1.807) is 0 Å². The molecule has 1 atom stereocenters. The second kappa shape index (κ2) is 7.43. The standard InChI is InChI=1S/C13H25N3OSi.ClH/c1-18(2,3)10-9-17-11-16-8-7-15-13(16)12-5-4-6-14-12;/h7-8,12,14H,4-6,9-11H2,1-3H3;1H/t12-;/m0./s1. The summed E-state index contributed by atoms with van der Waals surface area (Å²) < 4.78 is 7.92. The highest BCUT2D eigenvalue weighted by atomic mass is 35.5. The van der Waals surface area contributed by atoms with E-state index in [1.165, 1.54) is 18.9 Å². The fourth-order valence-electron chi connectivity index (χ4n) is 2.19. The van der Waals surface area contributed by atoms with Gasteiger partial charge in [0.25, 0.3) is 0 Å². The van der Waals surface area contributed by atoms with E-state index in [1.807, 2.05) is 12.4 Å². The Morgan fingerprint density at radius 3 is 2.89 bits per heavy atom. The van der Waals surface area contributed by atoms with Crippen LogP contribution in [0.3, 0.4) is 0 Å². The van der Waals surface area contributed by atoms with Gasteiger partial charge >= 0.3 is 0 Å². The topological polar surface area (TPSA) is 39.1 Å². The van der Waals surface area contributed by atoms with Gasteiger partial charge in [-0.2, -0.15) is 0 Å². The lowest BCUT2D eigenvalue weighted by molar-refractivity contribution is 0.0840. The zero-order chi connectivity index (χ0) is 13.0. The molecule has 0 aliphatic carbocycles. The van der Waals surface area contributed by atoms with E-state index in [-0.39, 0.29) is 12.4 Å². The van der Waals surface area contributed by atoms with Crippen LogP contribution in [0.25, 0.3) is 0 Å². The molecule has 0 bridgehead atoms. The molecule has 0 unspecified atom stereocenters. The van der Waals surface area contributed by atoms with Crippen molar-refractivity contribution in [2.24, 2.45) is 0 Å². The Morgan fingerprint density at radius 2 is 2.26 bits per heavy atom. The number of nitrogens with zero attached hydrogens (tertiary/aromatic N) is 2. The van der Waals surface area contributed by atoms with Crippen molar-refractivity contribution in [1.82, 2.24) is 14.9 Å². The Labute approximate surface area is 123 Å². The van der Waals surface area contributed by atoms with Crippen molar-refractivity contribution >= 4 is 20.5 Å². The Kier molecular flexibility index (Phi) is 6.52. The van der Waals surface area contributed by atoms with E-state index >= 15 is 0 Å². The average Bonchev–Trinajstić information content (AvgIpc) is 2.93. The Bertz CT molecular complexity index is 372. The molecular formula is C13H26ClN3OSi. The molecule has 1 aliphatic heterocycles. The van der Waals surface area contributed by atoms with Crippen LogP contribution in [-0.2, 0) is 11.5 Å². The van der Waals surface area contributed by atoms with E-state index in [4.69, 9.17) is 4.74 Å². The van der Waals surface area contributed by atoms with Gasteiger partial charge in [0, 0.05) is 27.1 Å². The van der Waals surface area contributed by atoms with Crippen LogP contribution >= 0.6 is 12.4 Å². The third kappa shape index (κ3) is 5.26. The van der Waals surface area contributed by atoms with Crippen molar-refractivity contribution in [3.8, 4) is 0 Å². The fraction of sp³-hybridized carbons (Fsp3) is 0.769. The van der Waals surface area contributed by atoms with Gasteiger partial charge < -0.3 is 14.6 Å². The predicted octanol–water partition coefficient (Wildman–Crippen LogP) is 3.04. The van der Waals surface area contributed by atoms with E-state index < -0.39 is 8.07 Å². The van der Waals surface area contributed by atoms with E-state index in [0.29, 0.717) is 12.8 Å². The molecule has 0 spiro atoms. The van der Waals surface area contributed by atoms with Crippen LogP contribution in [0.15, 0.2) is 12.4 Å². The van der Waals surface area contributed by atoms with Crippen LogP contribution in [0.4, 0.5) is 0 Å². The summed E-state index contributed by atoms with van der Waals surface area (Å²) in [4.78, 5) is 4.45. The zero-order valence-corrected chi connectivity index (χ0v) is 14.0. The lowest BCUT2D eigenvalue weighted by Gasteiger charge is -2.17. The summed E-state index contributed by atoms with van der Waals surface area (Å²) in [7, 11) is -0.981. The van der Waals surface area contributed by atoms with Gasteiger partial charge in [-0.25, -0.2) is 4.98 Å². The van der Waals surface area contributed by atoms with Gasteiger partial charge in [-0.1, -0.05) is 19.6 Å². The Morgan fingerprint density at radius 1 is 1.47 bits per heavy atom. The van der Waals surface area contributed by atoms with Crippen LogP contribution in [0.5, 0.6) is 0 Å². The van der Waals surface area contributed by atoms with E-state index in [0.717, 1.165) is 19.0 Å². The minimum absolute atomic E-state index is 0. The summed E-state index contributed by atoms with van der Waals surface area (Å²) in [5, 5.41) is 3.48. The third-order valence-electron chi connectivity index (χ3n) is 3.35. The van der Waals surface area contributed by atoms with Crippen LogP contribution in [0.2, 0.25) is 25.7 Å². The second-order valence-corrected chi connectivity index (χ2v) is 11.9. The number of hydrogen-bond acceptors (Lipinski definition) is 3. The molecule has 1 aromatic heterocycles. The first-order valence-corrected chi connectivity index (χ1v) is 10.6. The molecule has 1 aliphatic rings. The first-order chi connectivity index (χ1) is 8.56. The maximum absolute atomic E-state index is 5.78. The lowest BCUT2D eigenvalue weighted by Crippen LogP contribution is -2.23. The maximum atomic E-state index is 5.78. The highest BCUT2D eigenvalue weighted by Crippen LogP contribution is 2.21. The molecular weight excluding hydrogens is 278 g/mol. The first kappa shape index (κ1) is 16.7. The first-order valence-electron chi connectivity index (χ1n) is 6.88. The Balaban J connectivity index is 0.00000180. The summed E-state index contributed by atoms with van der Waals surface area (Å²) in [6.07, 6.45) is 6.32. The van der Waals surface area contributed by atoms with E-state index in [9.17, 15) is 0 Å². The van der Waals surface area contributed by atoms with Gasteiger partial charge in [0.2, 0.25) is 0 Å². The van der Waals surface area contributed by atoms with Gasteiger partial charge in [0.1, 0.15) is 12.6 Å². The predicted molar refractivity (Wildman–Crippen MR) is 83.6 cm³/mol. The monoisotopic (exact) mass is 303 g/mol. The van der Waals surface area contributed by atoms with Crippen molar-refractivity contribution in [2.45, 2.75) is 51.3 Å². The summed E-state index contributed by atoms with van der Waals surface area (Å²) in [5.74, 6) is 1.13. The number of aromatic nitrogens is 2. The number of hydrogen-bond donors (Lipinski definition) is 1. The molecule has 6 heteroatoms. The number of nitrogens with one attached hydrogen (secondary N) is 1. The molecule has 2 rings (SSSR count). The minimum Gasteiger partial charge on any atom is -0.361 e. The molecule has 1 aromatic rings. The largest absolute Gasteiger partial charge is 0.361 e. The van der Waals surface area contributed by atoms with Gasteiger partial charge in [0.05, 0.1) is 6.04 Å². The van der Waals surface area contributed by atoms with Crippen LogP contribution < -0.4 is 5.32 Å². The maximum Gasteiger partial charge on any atom is 0.127 e. The summed E-state index contributed by atoms with van der Waals surface area (Å²) in [5.41, 5.74) is 0. The van der Waals surface area contributed by atoms with Crippen LogP contribution in [0, 0.1) is 0 Å². The molecule has 110 valence electrons. The van der Waals surface area contributed by atoms with Gasteiger partial charge in [-0.3, -0.25) is 0 Å². The molecule has 0 amide bonds. The van der Waals surface area contributed by atoms with Gasteiger partial charge in [0.15, 0.2) is 0 Å². The average molecular weight is 304 g/mol. The highest BCUT2D eigenvalue weighted by molar-refractivity contribution is 6.76. The van der Waals surface area contributed by atoms with E-state index in [2.05, 4.69) is 34.5 Å². The normalized spacial score (nSPS) is 19.4. The van der Waals surface area contributed by atoms with Gasteiger partial charge in [-0.05, 0) is 25.4 Å². The van der Waals surface area contributed by atoms with Crippen molar-refractivity contribution < 1.29 is 4.74 Å². The summed E-state index contributed by atoms with van der Waals surface area (Å²) in [6.45, 7) is 9.74. The van der Waals surface area contributed by atoms with Gasteiger partial charge in [-0.15, -0.1) is 12.4 Å². The van der Waals surface area contributed by atoms with Crippen molar-refractivity contribution in [2.75, 3.05) is 13.2 Å². The molecule has 0 saturated carbocycles. The quantitative estimate of drug-likeness (QED) is 0.648. The molecule has 0 aromatic carbocycles. The molecule has 1 saturated heterocycles. The summed E-state index contributed by atoms with van der Waals surface area (Å²) >= 11 is 0. The number of imidazole rings is 1.